The smallest absolute Gasteiger partial charge is 0.293 e. The lowest BCUT2D eigenvalue weighted by atomic mass is 9.66. The molecule has 0 radical (unpaired) electrons. The molecule has 0 saturated heterocycles. The Balaban J connectivity index is 2.67. The second-order valence-electron chi connectivity index (χ2n) is 4.67. The van der Waals surface area contributed by atoms with E-state index in [0.717, 1.165) is 12.8 Å². The Bertz CT molecular complexity index is 175. The van der Waals surface area contributed by atoms with Crippen molar-refractivity contribution in [2.75, 3.05) is 0 Å². The molecular formula is C11H20O2. The highest BCUT2D eigenvalue weighted by Crippen LogP contribution is 2.43. The summed E-state index contributed by atoms with van der Waals surface area (Å²) in [6, 6.07) is 0. The van der Waals surface area contributed by atoms with Gasteiger partial charge in [-0.1, -0.05) is 20.8 Å². The van der Waals surface area contributed by atoms with Crippen LogP contribution in [0.1, 0.15) is 46.5 Å². The maximum absolute atomic E-state index is 10.3. The van der Waals surface area contributed by atoms with Crippen LogP contribution in [0.3, 0.4) is 0 Å². The van der Waals surface area contributed by atoms with Crippen LogP contribution < -0.4 is 0 Å². The quantitative estimate of drug-likeness (QED) is 0.630. The van der Waals surface area contributed by atoms with Crippen molar-refractivity contribution in [3.8, 4) is 0 Å². The first-order valence-electron chi connectivity index (χ1n) is 5.21. The molecule has 0 aromatic carbocycles. The Morgan fingerprint density at radius 2 is 2.23 bits per heavy atom. The maximum Gasteiger partial charge on any atom is 0.293 e. The third-order valence-corrected chi connectivity index (χ3v) is 3.43. The summed E-state index contributed by atoms with van der Waals surface area (Å²) in [6.45, 7) is 7.34. The molecule has 0 amide bonds. The van der Waals surface area contributed by atoms with E-state index in [1.54, 1.807) is 0 Å². The fourth-order valence-corrected chi connectivity index (χ4v) is 2.70. The highest BCUT2D eigenvalue weighted by atomic mass is 16.5. The van der Waals surface area contributed by atoms with E-state index in [0.29, 0.717) is 17.8 Å². The molecule has 76 valence electrons. The molecule has 0 bridgehead atoms. The Morgan fingerprint density at radius 3 is 2.77 bits per heavy atom. The average molecular weight is 184 g/mol. The van der Waals surface area contributed by atoms with E-state index in [4.69, 9.17) is 4.74 Å². The van der Waals surface area contributed by atoms with Crippen LogP contribution in [0, 0.1) is 11.3 Å². The molecule has 1 saturated carbocycles. The summed E-state index contributed by atoms with van der Waals surface area (Å²) in [4.78, 5) is 10.3. The lowest BCUT2D eigenvalue weighted by molar-refractivity contribution is -0.142. The highest BCUT2D eigenvalue weighted by molar-refractivity contribution is 5.37. The molecule has 1 aliphatic rings. The van der Waals surface area contributed by atoms with Gasteiger partial charge in [0.25, 0.3) is 6.47 Å². The Hall–Kier alpha value is -0.530. The zero-order valence-corrected chi connectivity index (χ0v) is 8.88. The van der Waals surface area contributed by atoms with Crippen molar-refractivity contribution in [1.29, 1.82) is 0 Å². The van der Waals surface area contributed by atoms with Gasteiger partial charge in [-0.15, -0.1) is 0 Å². The van der Waals surface area contributed by atoms with E-state index in [-0.39, 0.29) is 6.10 Å². The van der Waals surface area contributed by atoms with Gasteiger partial charge >= 0.3 is 0 Å². The molecular weight excluding hydrogens is 164 g/mol. The summed E-state index contributed by atoms with van der Waals surface area (Å²) in [5, 5.41) is 0. The molecule has 2 atom stereocenters. The van der Waals surface area contributed by atoms with E-state index in [2.05, 4.69) is 20.8 Å². The van der Waals surface area contributed by atoms with Gasteiger partial charge in [0.05, 0.1) is 0 Å². The molecule has 2 nitrogen and oxygen atoms in total. The van der Waals surface area contributed by atoms with Gasteiger partial charge in [0.2, 0.25) is 0 Å². The summed E-state index contributed by atoms with van der Waals surface area (Å²) < 4.78 is 5.14. The summed E-state index contributed by atoms with van der Waals surface area (Å²) in [5.41, 5.74) is 0.334. The summed E-state index contributed by atoms with van der Waals surface area (Å²) in [5.74, 6) is 0.534. The molecule has 0 heterocycles. The minimum absolute atomic E-state index is 0.159. The number of hydrogen-bond donors (Lipinski definition) is 0. The van der Waals surface area contributed by atoms with Crippen molar-refractivity contribution >= 4 is 6.47 Å². The van der Waals surface area contributed by atoms with Gasteiger partial charge in [-0.3, -0.25) is 4.79 Å². The molecule has 0 N–H and O–H groups in total. The minimum Gasteiger partial charge on any atom is -0.464 e. The molecule has 13 heavy (non-hydrogen) atoms. The van der Waals surface area contributed by atoms with Gasteiger partial charge in [-0.05, 0) is 31.1 Å². The van der Waals surface area contributed by atoms with Crippen LogP contribution >= 0.6 is 0 Å². The number of rotatable bonds is 3. The monoisotopic (exact) mass is 184 g/mol. The maximum atomic E-state index is 10.3. The lowest BCUT2D eigenvalue weighted by Crippen LogP contribution is -2.39. The summed E-state index contributed by atoms with van der Waals surface area (Å²) in [7, 11) is 0. The highest BCUT2D eigenvalue weighted by Gasteiger charge is 2.38. The van der Waals surface area contributed by atoms with E-state index in [9.17, 15) is 4.79 Å². The van der Waals surface area contributed by atoms with Gasteiger partial charge in [0.1, 0.15) is 6.10 Å². The SMILES string of the molecule is CCC1C(OC=O)CCCC1(C)C. The molecule has 0 aliphatic heterocycles. The van der Waals surface area contributed by atoms with Crippen molar-refractivity contribution in [3.05, 3.63) is 0 Å². The Morgan fingerprint density at radius 1 is 1.54 bits per heavy atom. The van der Waals surface area contributed by atoms with E-state index in [1.807, 2.05) is 0 Å². The zero-order chi connectivity index (χ0) is 9.90. The van der Waals surface area contributed by atoms with Gasteiger partial charge in [0, 0.05) is 5.92 Å². The topological polar surface area (TPSA) is 26.3 Å². The van der Waals surface area contributed by atoms with Crippen molar-refractivity contribution in [2.45, 2.75) is 52.6 Å². The summed E-state index contributed by atoms with van der Waals surface area (Å²) in [6.07, 6.45) is 4.74. The second kappa shape index (κ2) is 4.12. The Labute approximate surface area is 80.7 Å². The van der Waals surface area contributed by atoms with Crippen LogP contribution in [0.15, 0.2) is 0 Å². The normalized spacial score (nSPS) is 32.5. The van der Waals surface area contributed by atoms with Gasteiger partial charge in [0.15, 0.2) is 0 Å². The first-order chi connectivity index (χ1) is 6.11. The zero-order valence-electron chi connectivity index (χ0n) is 8.88. The van der Waals surface area contributed by atoms with Crippen LogP contribution in [0.4, 0.5) is 0 Å². The number of carbonyl (C=O) groups is 1. The number of hydrogen-bond acceptors (Lipinski definition) is 2. The van der Waals surface area contributed by atoms with Gasteiger partial charge in [-0.2, -0.15) is 0 Å². The number of ether oxygens (including phenoxy) is 1. The van der Waals surface area contributed by atoms with E-state index >= 15 is 0 Å². The van der Waals surface area contributed by atoms with Crippen molar-refractivity contribution < 1.29 is 9.53 Å². The van der Waals surface area contributed by atoms with Crippen LogP contribution in [-0.2, 0) is 9.53 Å². The standard InChI is InChI=1S/C11H20O2/c1-4-9-10(13-8-12)6-5-7-11(9,2)3/h8-10H,4-7H2,1-3H3. The van der Waals surface area contributed by atoms with Crippen molar-refractivity contribution in [3.63, 3.8) is 0 Å². The first-order valence-corrected chi connectivity index (χ1v) is 5.21. The van der Waals surface area contributed by atoms with Gasteiger partial charge < -0.3 is 4.74 Å². The van der Waals surface area contributed by atoms with Crippen LogP contribution in [0.2, 0.25) is 0 Å². The molecule has 1 rings (SSSR count). The molecule has 2 heteroatoms. The predicted molar refractivity (Wildman–Crippen MR) is 52.4 cm³/mol. The van der Waals surface area contributed by atoms with Crippen molar-refractivity contribution in [1.82, 2.24) is 0 Å². The van der Waals surface area contributed by atoms with Crippen LogP contribution in [-0.4, -0.2) is 12.6 Å². The summed E-state index contributed by atoms with van der Waals surface area (Å²) >= 11 is 0. The first kappa shape index (κ1) is 10.6. The lowest BCUT2D eigenvalue weighted by Gasteiger charge is -2.42. The molecule has 0 aromatic rings. The van der Waals surface area contributed by atoms with Gasteiger partial charge in [-0.25, -0.2) is 0 Å². The predicted octanol–water partition coefficient (Wildman–Crippen LogP) is 2.76. The largest absolute Gasteiger partial charge is 0.464 e. The van der Waals surface area contributed by atoms with Crippen LogP contribution in [0.25, 0.3) is 0 Å². The molecule has 1 aliphatic carbocycles. The fourth-order valence-electron chi connectivity index (χ4n) is 2.70. The minimum atomic E-state index is 0.159. The molecule has 2 unspecified atom stereocenters. The van der Waals surface area contributed by atoms with E-state index < -0.39 is 0 Å². The van der Waals surface area contributed by atoms with E-state index in [1.165, 1.54) is 12.8 Å². The fraction of sp³-hybridized carbons (Fsp3) is 0.909. The molecule has 0 spiro atoms. The molecule has 0 aromatic heterocycles. The Kier molecular flexibility index (Phi) is 3.34. The van der Waals surface area contributed by atoms with Crippen LogP contribution in [0.5, 0.6) is 0 Å². The average Bonchev–Trinajstić information content (AvgIpc) is 2.04. The number of carbonyl (C=O) groups excluding carboxylic acids is 1. The molecule has 1 fully saturated rings. The second-order valence-corrected chi connectivity index (χ2v) is 4.67. The van der Waals surface area contributed by atoms with Crippen molar-refractivity contribution in [2.24, 2.45) is 11.3 Å². The third kappa shape index (κ3) is 2.23. The third-order valence-electron chi connectivity index (χ3n) is 3.43.